The molecule has 68 valence electrons. The normalized spacial score (nSPS) is 15.5. The maximum Gasteiger partial charge on any atom is 0.0712 e. The Morgan fingerprint density at radius 1 is 1.36 bits per heavy atom. The van der Waals surface area contributed by atoms with E-state index < -0.39 is 5.60 Å². The van der Waals surface area contributed by atoms with Crippen LogP contribution in [-0.4, -0.2) is 21.7 Å². The van der Waals surface area contributed by atoms with Crippen LogP contribution in [-0.2, 0) is 0 Å². The summed E-state index contributed by atoms with van der Waals surface area (Å²) in [7, 11) is 0. The molecule has 1 N–H and O–H groups in total. The molecule has 2 heteroatoms. The van der Waals surface area contributed by atoms with E-state index in [9.17, 15) is 5.11 Å². The van der Waals surface area contributed by atoms with Crippen LogP contribution in [0.3, 0.4) is 0 Å². The van der Waals surface area contributed by atoms with Gasteiger partial charge < -0.3 is 5.11 Å². The molecule has 11 heavy (non-hydrogen) atoms. The summed E-state index contributed by atoms with van der Waals surface area (Å²) < 4.78 is 0. The van der Waals surface area contributed by atoms with E-state index in [4.69, 9.17) is 0 Å². The average molecular weight is 176 g/mol. The van der Waals surface area contributed by atoms with Crippen LogP contribution in [0.4, 0.5) is 0 Å². The van der Waals surface area contributed by atoms with Gasteiger partial charge in [0.1, 0.15) is 0 Å². The minimum Gasteiger partial charge on any atom is -0.389 e. The second kappa shape index (κ2) is 4.36. The average Bonchev–Trinajstić information content (AvgIpc) is 1.79. The van der Waals surface area contributed by atoms with E-state index in [-0.39, 0.29) is 0 Å². The minimum absolute atomic E-state index is 0.354. The number of hydrogen-bond donors (Lipinski definition) is 1. The molecule has 1 atom stereocenters. The number of hydrogen-bond acceptors (Lipinski definition) is 2. The second-order valence-electron chi connectivity index (χ2n) is 3.77. The lowest BCUT2D eigenvalue weighted by molar-refractivity contribution is 0.0651. The van der Waals surface area contributed by atoms with Crippen LogP contribution in [0.5, 0.6) is 0 Å². The van der Waals surface area contributed by atoms with Gasteiger partial charge in [0.25, 0.3) is 0 Å². The molecule has 0 bridgehead atoms. The van der Waals surface area contributed by atoms with Gasteiger partial charge in [-0.3, -0.25) is 0 Å². The fourth-order valence-corrected chi connectivity index (χ4v) is 2.54. The fourth-order valence-electron chi connectivity index (χ4n) is 1.39. The van der Waals surface area contributed by atoms with Gasteiger partial charge in [-0.15, -0.1) is 0 Å². The van der Waals surface area contributed by atoms with Crippen molar-refractivity contribution in [3.63, 3.8) is 0 Å². The molecular formula is C9H20OS. The third kappa shape index (κ3) is 4.02. The fraction of sp³-hybridized carbons (Fsp3) is 1.00. The maximum atomic E-state index is 9.76. The Morgan fingerprint density at radius 2 is 1.82 bits per heavy atom. The van der Waals surface area contributed by atoms with E-state index in [1.165, 1.54) is 0 Å². The van der Waals surface area contributed by atoms with Crippen LogP contribution < -0.4 is 0 Å². The van der Waals surface area contributed by atoms with Crippen molar-refractivity contribution >= 4 is 11.8 Å². The third-order valence-corrected chi connectivity index (χ3v) is 3.46. The number of rotatable bonds is 4. The first-order chi connectivity index (χ1) is 4.89. The van der Waals surface area contributed by atoms with Crippen molar-refractivity contribution < 1.29 is 5.11 Å². The lowest BCUT2D eigenvalue weighted by atomic mass is 9.96. The molecule has 0 heterocycles. The summed E-state index contributed by atoms with van der Waals surface area (Å²) in [5.41, 5.74) is -0.547. The predicted molar refractivity (Wildman–Crippen MR) is 53.1 cm³/mol. The Morgan fingerprint density at radius 3 is 1.91 bits per heavy atom. The molecule has 0 amide bonds. The molecule has 0 unspecified atom stereocenters. The van der Waals surface area contributed by atoms with Crippen LogP contribution in [0, 0.1) is 5.92 Å². The standard InChI is InChI=1S/C9H20OS/c1-6-11-8(7(2)3)9(4,5)10/h7-8,10H,6H2,1-5H3/t8-/m0/s1. The minimum atomic E-state index is -0.547. The quantitative estimate of drug-likeness (QED) is 0.710. The Kier molecular flexibility index (Phi) is 4.49. The summed E-state index contributed by atoms with van der Waals surface area (Å²) in [6.07, 6.45) is 0. The highest BCUT2D eigenvalue weighted by Gasteiger charge is 2.28. The van der Waals surface area contributed by atoms with E-state index in [0.29, 0.717) is 11.2 Å². The van der Waals surface area contributed by atoms with Gasteiger partial charge in [0.05, 0.1) is 5.60 Å². The van der Waals surface area contributed by atoms with E-state index in [2.05, 4.69) is 20.8 Å². The molecular weight excluding hydrogens is 156 g/mol. The summed E-state index contributed by atoms with van der Waals surface area (Å²) in [6, 6.07) is 0. The summed E-state index contributed by atoms with van der Waals surface area (Å²) >= 11 is 1.84. The van der Waals surface area contributed by atoms with Crippen molar-refractivity contribution in [2.45, 2.75) is 45.5 Å². The van der Waals surface area contributed by atoms with Gasteiger partial charge in [0.2, 0.25) is 0 Å². The van der Waals surface area contributed by atoms with Gasteiger partial charge in [-0.1, -0.05) is 20.8 Å². The van der Waals surface area contributed by atoms with Crippen molar-refractivity contribution in [2.75, 3.05) is 5.75 Å². The molecule has 0 aliphatic rings. The smallest absolute Gasteiger partial charge is 0.0712 e. The first-order valence-electron chi connectivity index (χ1n) is 4.23. The van der Waals surface area contributed by atoms with Crippen molar-refractivity contribution in [1.82, 2.24) is 0 Å². The van der Waals surface area contributed by atoms with Gasteiger partial charge >= 0.3 is 0 Å². The van der Waals surface area contributed by atoms with Crippen LogP contribution in [0.15, 0.2) is 0 Å². The molecule has 0 radical (unpaired) electrons. The van der Waals surface area contributed by atoms with Crippen molar-refractivity contribution in [3.05, 3.63) is 0 Å². The topological polar surface area (TPSA) is 20.2 Å². The molecule has 0 rings (SSSR count). The molecule has 0 aliphatic carbocycles. The zero-order valence-electron chi connectivity index (χ0n) is 8.22. The molecule has 0 saturated heterocycles. The first kappa shape index (κ1) is 11.3. The van der Waals surface area contributed by atoms with Crippen molar-refractivity contribution in [3.8, 4) is 0 Å². The molecule has 0 saturated carbocycles. The van der Waals surface area contributed by atoms with Gasteiger partial charge in [-0.2, -0.15) is 11.8 Å². The van der Waals surface area contributed by atoms with E-state index in [1.807, 2.05) is 25.6 Å². The molecule has 0 aromatic heterocycles. The molecule has 0 fully saturated rings. The Balaban J connectivity index is 4.10. The highest BCUT2D eigenvalue weighted by atomic mass is 32.2. The van der Waals surface area contributed by atoms with E-state index in [1.54, 1.807) is 0 Å². The zero-order chi connectivity index (χ0) is 9.07. The zero-order valence-corrected chi connectivity index (χ0v) is 9.03. The molecule has 0 aliphatic heterocycles. The maximum absolute atomic E-state index is 9.76. The molecule has 0 spiro atoms. The lowest BCUT2D eigenvalue weighted by Gasteiger charge is -2.31. The van der Waals surface area contributed by atoms with Crippen LogP contribution >= 0.6 is 11.8 Å². The van der Waals surface area contributed by atoms with Gasteiger partial charge in [0.15, 0.2) is 0 Å². The third-order valence-electron chi connectivity index (χ3n) is 1.65. The van der Waals surface area contributed by atoms with E-state index in [0.717, 1.165) is 5.75 Å². The Bertz CT molecular complexity index is 105. The summed E-state index contributed by atoms with van der Waals surface area (Å²) in [4.78, 5) is 0. The second-order valence-corrected chi connectivity index (χ2v) is 5.19. The van der Waals surface area contributed by atoms with Crippen LogP contribution in [0.2, 0.25) is 0 Å². The highest BCUT2D eigenvalue weighted by molar-refractivity contribution is 7.99. The van der Waals surface area contributed by atoms with E-state index >= 15 is 0 Å². The van der Waals surface area contributed by atoms with Gasteiger partial charge in [0, 0.05) is 5.25 Å². The summed E-state index contributed by atoms with van der Waals surface area (Å²) in [5.74, 6) is 1.62. The van der Waals surface area contributed by atoms with Crippen molar-refractivity contribution in [2.24, 2.45) is 5.92 Å². The lowest BCUT2D eigenvalue weighted by Crippen LogP contribution is -2.37. The number of thioether (sulfide) groups is 1. The predicted octanol–water partition coefficient (Wildman–Crippen LogP) is 2.54. The SMILES string of the molecule is CCS[C@@H](C(C)C)C(C)(C)O. The Hall–Kier alpha value is 0.310. The largest absolute Gasteiger partial charge is 0.389 e. The molecule has 0 aromatic carbocycles. The molecule has 1 nitrogen and oxygen atoms in total. The van der Waals surface area contributed by atoms with Gasteiger partial charge in [-0.25, -0.2) is 0 Å². The summed E-state index contributed by atoms with van der Waals surface area (Å²) in [5, 5.41) is 10.1. The summed E-state index contributed by atoms with van der Waals surface area (Å²) in [6.45, 7) is 10.2. The molecule has 0 aromatic rings. The monoisotopic (exact) mass is 176 g/mol. The van der Waals surface area contributed by atoms with Crippen LogP contribution in [0.25, 0.3) is 0 Å². The van der Waals surface area contributed by atoms with Crippen molar-refractivity contribution in [1.29, 1.82) is 0 Å². The number of aliphatic hydroxyl groups is 1. The Labute approximate surface area is 74.6 Å². The highest BCUT2D eigenvalue weighted by Crippen LogP contribution is 2.29. The van der Waals surface area contributed by atoms with Crippen LogP contribution in [0.1, 0.15) is 34.6 Å². The first-order valence-corrected chi connectivity index (χ1v) is 5.28. The van der Waals surface area contributed by atoms with Gasteiger partial charge in [-0.05, 0) is 25.5 Å².